The third kappa shape index (κ3) is 4.61. The van der Waals surface area contributed by atoms with Crippen molar-refractivity contribution in [3.05, 3.63) is 0 Å². The van der Waals surface area contributed by atoms with Gasteiger partial charge in [-0.2, -0.15) is 0 Å². The van der Waals surface area contributed by atoms with Crippen LogP contribution in [0.25, 0.3) is 0 Å². The Morgan fingerprint density at radius 1 is 1.47 bits per heavy atom. The zero-order chi connectivity index (χ0) is 11.1. The average Bonchev–Trinajstić information content (AvgIpc) is 2.61. The van der Waals surface area contributed by atoms with Crippen molar-refractivity contribution in [1.82, 2.24) is 20.2 Å². The van der Waals surface area contributed by atoms with Crippen molar-refractivity contribution in [2.45, 2.75) is 38.4 Å². The lowest BCUT2D eigenvalue weighted by atomic mass is 10.1. The number of nitrogens with zero attached hydrogens (tertiary/aromatic N) is 4. The maximum Gasteiger partial charge on any atom is 0.209 e. The summed E-state index contributed by atoms with van der Waals surface area (Å²) in [5.74, 6) is 1.78. The van der Waals surface area contributed by atoms with Crippen molar-refractivity contribution < 1.29 is 5.11 Å². The molecular formula is C9H18N4OS. The molecule has 0 fully saturated rings. The van der Waals surface area contributed by atoms with Gasteiger partial charge >= 0.3 is 0 Å². The molecule has 86 valence electrons. The molecule has 0 saturated heterocycles. The van der Waals surface area contributed by atoms with Crippen LogP contribution in [-0.4, -0.2) is 37.7 Å². The van der Waals surface area contributed by atoms with Gasteiger partial charge in [0.15, 0.2) is 0 Å². The summed E-state index contributed by atoms with van der Waals surface area (Å²) >= 11 is 1.65. The van der Waals surface area contributed by atoms with Crippen molar-refractivity contribution in [2.75, 3.05) is 12.4 Å². The first kappa shape index (κ1) is 12.4. The molecule has 6 heteroatoms. The second-order valence-corrected chi connectivity index (χ2v) is 4.85. The van der Waals surface area contributed by atoms with Crippen LogP contribution in [0.1, 0.15) is 26.7 Å². The minimum atomic E-state index is 0.0740. The Hall–Kier alpha value is -0.620. The zero-order valence-corrected chi connectivity index (χ0v) is 10.1. The van der Waals surface area contributed by atoms with Gasteiger partial charge in [0, 0.05) is 5.75 Å². The lowest BCUT2D eigenvalue weighted by molar-refractivity contribution is 0.262. The van der Waals surface area contributed by atoms with E-state index in [1.807, 2.05) is 0 Å². The molecule has 0 aliphatic carbocycles. The summed E-state index contributed by atoms with van der Waals surface area (Å²) in [5, 5.41) is 20.9. The number of aromatic nitrogens is 4. The molecule has 1 aromatic rings. The van der Waals surface area contributed by atoms with Gasteiger partial charge in [0.25, 0.3) is 0 Å². The van der Waals surface area contributed by atoms with E-state index in [-0.39, 0.29) is 6.61 Å². The fourth-order valence-corrected chi connectivity index (χ4v) is 2.05. The quantitative estimate of drug-likeness (QED) is 0.563. The Kier molecular flexibility index (Phi) is 5.63. The summed E-state index contributed by atoms with van der Waals surface area (Å²) in [6.45, 7) is 4.99. The van der Waals surface area contributed by atoms with Crippen molar-refractivity contribution in [3.8, 4) is 0 Å². The largest absolute Gasteiger partial charge is 0.394 e. The van der Waals surface area contributed by atoms with Crippen LogP contribution in [0.5, 0.6) is 0 Å². The number of aliphatic hydroxyl groups is 1. The summed E-state index contributed by atoms with van der Waals surface area (Å²) in [6.07, 6.45) is 2.41. The van der Waals surface area contributed by atoms with Gasteiger partial charge in [-0.3, -0.25) is 0 Å². The molecule has 0 spiro atoms. The van der Waals surface area contributed by atoms with E-state index in [9.17, 15) is 0 Å². The van der Waals surface area contributed by atoms with E-state index in [4.69, 9.17) is 5.11 Å². The normalized spacial score (nSPS) is 11.2. The molecule has 15 heavy (non-hydrogen) atoms. The maximum atomic E-state index is 8.78. The molecule has 1 N–H and O–H groups in total. The number of rotatable bonds is 7. The third-order valence-corrected chi connectivity index (χ3v) is 3.01. The molecule has 0 amide bonds. The molecule has 1 rings (SSSR count). The van der Waals surface area contributed by atoms with Crippen molar-refractivity contribution in [2.24, 2.45) is 5.92 Å². The summed E-state index contributed by atoms with van der Waals surface area (Å²) in [5.41, 5.74) is 0. The molecule has 5 nitrogen and oxygen atoms in total. The van der Waals surface area contributed by atoms with Gasteiger partial charge in [0.2, 0.25) is 5.16 Å². The monoisotopic (exact) mass is 230 g/mol. The van der Waals surface area contributed by atoms with Gasteiger partial charge in [0.1, 0.15) is 0 Å². The first-order valence-corrected chi connectivity index (χ1v) is 6.22. The molecule has 0 aliphatic rings. The first-order valence-electron chi connectivity index (χ1n) is 5.24. The van der Waals surface area contributed by atoms with Crippen molar-refractivity contribution in [1.29, 1.82) is 0 Å². The molecule has 0 aliphatic heterocycles. The molecule has 0 aromatic carbocycles. The molecule has 1 heterocycles. The van der Waals surface area contributed by atoms with Gasteiger partial charge in [-0.1, -0.05) is 32.0 Å². The van der Waals surface area contributed by atoms with Gasteiger partial charge in [-0.25, -0.2) is 4.68 Å². The third-order valence-electron chi connectivity index (χ3n) is 1.97. The molecular weight excluding hydrogens is 212 g/mol. The number of thioether (sulfide) groups is 1. The fraction of sp³-hybridized carbons (Fsp3) is 0.889. The van der Waals surface area contributed by atoms with Crippen LogP contribution in [0.4, 0.5) is 0 Å². The van der Waals surface area contributed by atoms with Crippen LogP contribution in [0.15, 0.2) is 5.16 Å². The molecule has 0 bridgehead atoms. The predicted molar refractivity (Wildman–Crippen MR) is 59.7 cm³/mol. The van der Waals surface area contributed by atoms with Crippen molar-refractivity contribution >= 4 is 11.8 Å². The number of tetrazole rings is 1. The Labute approximate surface area is 94.3 Å². The lowest BCUT2D eigenvalue weighted by Gasteiger charge is -2.04. The highest BCUT2D eigenvalue weighted by Crippen LogP contribution is 2.16. The molecule has 1 aromatic heterocycles. The predicted octanol–water partition coefficient (Wildman–Crippen LogP) is 1.19. The van der Waals surface area contributed by atoms with E-state index in [1.165, 1.54) is 12.8 Å². The molecule has 0 atom stereocenters. The second kappa shape index (κ2) is 6.79. The summed E-state index contributed by atoms with van der Waals surface area (Å²) < 4.78 is 1.64. The minimum Gasteiger partial charge on any atom is -0.394 e. The Bertz CT molecular complexity index is 277. The number of hydrogen-bond acceptors (Lipinski definition) is 5. The highest BCUT2D eigenvalue weighted by atomic mass is 32.2. The van der Waals surface area contributed by atoms with E-state index in [0.717, 1.165) is 16.8 Å². The summed E-state index contributed by atoms with van der Waals surface area (Å²) in [6, 6.07) is 0. The van der Waals surface area contributed by atoms with E-state index in [2.05, 4.69) is 29.4 Å². The van der Waals surface area contributed by atoms with E-state index >= 15 is 0 Å². The Morgan fingerprint density at radius 2 is 2.27 bits per heavy atom. The van der Waals surface area contributed by atoms with Gasteiger partial charge in [-0.05, 0) is 22.8 Å². The van der Waals surface area contributed by atoms with Crippen LogP contribution in [0.2, 0.25) is 0 Å². The van der Waals surface area contributed by atoms with Gasteiger partial charge in [0.05, 0.1) is 13.2 Å². The zero-order valence-electron chi connectivity index (χ0n) is 9.26. The fourth-order valence-electron chi connectivity index (χ4n) is 1.19. The van der Waals surface area contributed by atoms with E-state index in [0.29, 0.717) is 6.54 Å². The highest BCUT2D eigenvalue weighted by molar-refractivity contribution is 7.99. The summed E-state index contributed by atoms with van der Waals surface area (Å²) in [7, 11) is 0. The Morgan fingerprint density at radius 3 is 2.93 bits per heavy atom. The van der Waals surface area contributed by atoms with Crippen molar-refractivity contribution in [3.63, 3.8) is 0 Å². The van der Waals surface area contributed by atoms with E-state index in [1.54, 1.807) is 16.4 Å². The minimum absolute atomic E-state index is 0.0740. The van der Waals surface area contributed by atoms with Crippen LogP contribution in [0, 0.1) is 5.92 Å². The molecule has 0 saturated carbocycles. The highest BCUT2D eigenvalue weighted by Gasteiger charge is 2.05. The molecule has 0 unspecified atom stereocenters. The lowest BCUT2D eigenvalue weighted by Crippen LogP contribution is -2.05. The second-order valence-electron chi connectivity index (χ2n) is 3.79. The molecule has 0 radical (unpaired) electrons. The maximum absolute atomic E-state index is 8.78. The van der Waals surface area contributed by atoms with E-state index < -0.39 is 0 Å². The van der Waals surface area contributed by atoms with Crippen LogP contribution in [0.3, 0.4) is 0 Å². The van der Waals surface area contributed by atoms with Gasteiger partial charge in [-0.15, -0.1) is 5.10 Å². The summed E-state index contributed by atoms with van der Waals surface area (Å²) in [4.78, 5) is 0. The number of hydrogen-bond donors (Lipinski definition) is 1. The standard InChI is InChI=1S/C9H18N4OS/c1-8(2)4-3-7-15-9-10-11-12-13(9)5-6-14/h8,14H,3-7H2,1-2H3. The smallest absolute Gasteiger partial charge is 0.209 e. The van der Waals surface area contributed by atoms with Gasteiger partial charge < -0.3 is 5.11 Å². The number of aliphatic hydroxyl groups excluding tert-OH is 1. The average molecular weight is 230 g/mol. The topological polar surface area (TPSA) is 63.8 Å². The van der Waals surface area contributed by atoms with Crippen LogP contribution < -0.4 is 0 Å². The van der Waals surface area contributed by atoms with Crippen LogP contribution >= 0.6 is 11.8 Å². The first-order chi connectivity index (χ1) is 7.24. The SMILES string of the molecule is CC(C)CCCSc1nnnn1CCO. The Balaban J connectivity index is 2.27. The van der Waals surface area contributed by atoms with Crippen LogP contribution in [-0.2, 0) is 6.54 Å².